The molecule has 0 spiro atoms. The van der Waals surface area contributed by atoms with Crippen LogP contribution in [-0.4, -0.2) is 95.2 Å². The number of amides is 1. The Morgan fingerprint density at radius 1 is 1.08 bits per heavy atom. The van der Waals surface area contributed by atoms with Gasteiger partial charge in [-0.3, -0.25) is 4.79 Å². The zero-order valence-electron chi connectivity index (χ0n) is 15.3. The minimum absolute atomic E-state index is 0.0169. The van der Waals surface area contributed by atoms with Crippen molar-refractivity contribution in [3.8, 4) is 0 Å². The second-order valence-electron chi connectivity index (χ2n) is 7.23. The Bertz CT molecular complexity index is 416. The highest BCUT2D eigenvalue weighted by Crippen LogP contribution is 2.20. The third-order valence-corrected chi connectivity index (χ3v) is 5.22. The molecule has 0 aromatic rings. The van der Waals surface area contributed by atoms with Crippen LogP contribution in [0, 0.1) is 5.92 Å². The van der Waals surface area contributed by atoms with Gasteiger partial charge < -0.3 is 34.8 Å². The van der Waals surface area contributed by atoms with Crippen LogP contribution in [0.2, 0.25) is 0 Å². The van der Waals surface area contributed by atoms with Crippen LogP contribution >= 0.6 is 0 Å². The monoisotopic (exact) mass is 375 g/mol. The number of hydrogen-bond acceptors (Lipinski definition) is 7. The average molecular weight is 375 g/mol. The molecular weight excluding hydrogens is 342 g/mol. The summed E-state index contributed by atoms with van der Waals surface area (Å²) in [6.45, 7) is 1.42. The Morgan fingerprint density at radius 3 is 2.46 bits per heavy atom. The van der Waals surface area contributed by atoms with Crippen LogP contribution in [0.4, 0.5) is 0 Å². The molecule has 2 heterocycles. The van der Waals surface area contributed by atoms with Gasteiger partial charge in [0.1, 0.15) is 24.4 Å². The molecule has 0 unspecified atom stereocenters. The van der Waals surface area contributed by atoms with Gasteiger partial charge in [0.15, 0.2) is 0 Å². The normalized spacial score (nSPS) is 31.7. The first kappa shape index (κ1) is 21.5. The van der Waals surface area contributed by atoms with Gasteiger partial charge >= 0.3 is 0 Å². The molecular formula is C18H33NO7. The summed E-state index contributed by atoms with van der Waals surface area (Å²) in [5.41, 5.74) is 0. The van der Waals surface area contributed by atoms with E-state index in [-0.39, 0.29) is 18.4 Å². The lowest BCUT2D eigenvalue weighted by Gasteiger charge is -2.35. The predicted molar refractivity (Wildman–Crippen MR) is 93.4 cm³/mol. The number of carbonyl (C=O) groups is 1. The van der Waals surface area contributed by atoms with E-state index in [1.807, 2.05) is 0 Å². The van der Waals surface area contributed by atoms with Crippen LogP contribution in [-0.2, 0) is 14.3 Å². The lowest BCUT2D eigenvalue weighted by molar-refractivity contribution is -0.155. The Kier molecular flexibility index (Phi) is 9.24. The van der Waals surface area contributed by atoms with E-state index < -0.39 is 31.0 Å². The summed E-state index contributed by atoms with van der Waals surface area (Å²) >= 11 is 0. The second kappa shape index (κ2) is 11.2. The molecule has 4 atom stereocenters. The number of hydrogen-bond donors (Lipinski definition) is 4. The third kappa shape index (κ3) is 6.14. The van der Waals surface area contributed by atoms with Gasteiger partial charge in [-0.1, -0.05) is 12.8 Å². The first-order valence-electron chi connectivity index (χ1n) is 9.67. The number of ether oxygens (including phenoxy) is 2. The van der Waals surface area contributed by atoms with E-state index in [0.29, 0.717) is 39.2 Å². The fourth-order valence-electron chi connectivity index (χ4n) is 3.57. The summed E-state index contributed by atoms with van der Waals surface area (Å²) in [7, 11) is 0. The van der Waals surface area contributed by atoms with E-state index in [1.54, 1.807) is 4.90 Å². The van der Waals surface area contributed by atoms with Crippen molar-refractivity contribution in [2.75, 3.05) is 39.5 Å². The zero-order chi connectivity index (χ0) is 18.9. The van der Waals surface area contributed by atoms with Gasteiger partial charge in [-0.25, -0.2) is 0 Å². The standard InChI is InChI=1S/C18H33NO7/c20-12-15(22)17-16(23)14(21)11-19(7-3-1-2-4-8-26-17)18(24)13-5-9-25-10-6-13/h13-17,20-23H,1-12H2/t14-,15-,16-,17-/m1/s1. The Hall–Kier alpha value is -0.770. The summed E-state index contributed by atoms with van der Waals surface area (Å²) < 4.78 is 10.8. The number of carbonyl (C=O) groups excluding carboxylic acids is 1. The van der Waals surface area contributed by atoms with Crippen molar-refractivity contribution in [2.45, 2.75) is 62.9 Å². The first-order valence-corrected chi connectivity index (χ1v) is 9.67. The SMILES string of the molecule is O=C(C1CCOCC1)N1CCCCCCO[C@H]([C@H](O)CO)[C@H](O)[C@H](O)C1. The maximum Gasteiger partial charge on any atom is 0.225 e. The molecule has 152 valence electrons. The van der Waals surface area contributed by atoms with Crippen molar-refractivity contribution in [2.24, 2.45) is 5.92 Å². The van der Waals surface area contributed by atoms with Crippen molar-refractivity contribution >= 4 is 5.91 Å². The van der Waals surface area contributed by atoms with E-state index in [0.717, 1.165) is 25.7 Å². The molecule has 0 aliphatic carbocycles. The van der Waals surface area contributed by atoms with Crippen LogP contribution in [0.3, 0.4) is 0 Å². The molecule has 0 saturated carbocycles. The smallest absolute Gasteiger partial charge is 0.225 e. The van der Waals surface area contributed by atoms with Crippen molar-refractivity contribution in [3.05, 3.63) is 0 Å². The quantitative estimate of drug-likeness (QED) is 0.514. The predicted octanol–water partition coefficient (Wildman–Crippen LogP) is -0.724. The minimum atomic E-state index is -1.39. The molecule has 0 radical (unpaired) electrons. The molecule has 2 aliphatic heterocycles. The van der Waals surface area contributed by atoms with Crippen LogP contribution < -0.4 is 0 Å². The van der Waals surface area contributed by atoms with E-state index in [2.05, 4.69) is 0 Å². The molecule has 0 bridgehead atoms. The molecule has 8 heteroatoms. The van der Waals surface area contributed by atoms with Gasteiger partial charge in [-0.2, -0.15) is 0 Å². The van der Waals surface area contributed by atoms with Crippen LogP contribution in [0.25, 0.3) is 0 Å². The lowest BCUT2D eigenvalue weighted by atomic mass is 9.97. The highest BCUT2D eigenvalue weighted by Gasteiger charge is 2.35. The zero-order valence-corrected chi connectivity index (χ0v) is 15.3. The highest BCUT2D eigenvalue weighted by atomic mass is 16.5. The molecule has 0 aromatic heterocycles. The number of rotatable bonds is 3. The third-order valence-electron chi connectivity index (χ3n) is 5.22. The van der Waals surface area contributed by atoms with Gasteiger partial charge in [0.05, 0.1) is 6.61 Å². The Balaban J connectivity index is 2.07. The van der Waals surface area contributed by atoms with E-state index in [1.165, 1.54) is 0 Å². The summed E-state index contributed by atoms with van der Waals surface area (Å²) in [5.74, 6) is -0.132. The largest absolute Gasteiger partial charge is 0.394 e. The van der Waals surface area contributed by atoms with E-state index >= 15 is 0 Å². The molecule has 0 aromatic carbocycles. The minimum Gasteiger partial charge on any atom is -0.394 e. The molecule has 8 nitrogen and oxygen atoms in total. The van der Waals surface area contributed by atoms with Gasteiger partial charge in [0.2, 0.25) is 5.91 Å². The second-order valence-corrected chi connectivity index (χ2v) is 7.23. The topological polar surface area (TPSA) is 120 Å². The van der Waals surface area contributed by atoms with Crippen molar-refractivity contribution in [1.29, 1.82) is 0 Å². The van der Waals surface area contributed by atoms with Gasteiger partial charge in [-0.15, -0.1) is 0 Å². The fourth-order valence-corrected chi connectivity index (χ4v) is 3.57. The Labute approximate surface area is 154 Å². The molecule has 2 aliphatic rings. The number of β-amino-alcohol motifs (C(OH)–C–C–N with tert-alkyl or cyclic N) is 1. The van der Waals surface area contributed by atoms with Crippen molar-refractivity contribution < 1.29 is 34.7 Å². The van der Waals surface area contributed by atoms with Gasteiger partial charge in [0, 0.05) is 38.8 Å². The maximum atomic E-state index is 12.9. The summed E-state index contributed by atoms with van der Waals surface area (Å²) in [6.07, 6.45) is -0.243. The molecule has 4 N–H and O–H groups in total. The van der Waals surface area contributed by atoms with E-state index in [4.69, 9.17) is 9.47 Å². The summed E-state index contributed by atoms with van der Waals surface area (Å²) in [5, 5.41) is 40.0. The summed E-state index contributed by atoms with van der Waals surface area (Å²) in [4.78, 5) is 14.5. The van der Waals surface area contributed by atoms with Gasteiger partial charge in [0.25, 0.3) is 0 Å². The molecule has 2 saturated heterocycles. The van der Waals surface area contributed by atoms with Crippen LogP contribution in [0.5, 0.6) is 0 Å². The molecule has 26 heavy (non-hydrogen) atoms. The summed E-state index contributed by atoms with van der Waals surface area (Å²) in [6, 6.07) is 0. The molecule has 2 fully saturated rings. The first-order chi connectivity index (χ1) is 12.5. The van der Waals surface area contributed by atoms with Crippen molar-refractivity contribution in [1.82, 2.24) is 4.90 Å². The van der Waals surface area contributed by atoms with E-state index in [9.17, 15) is 25.2 Å². The maximum absolute atomic E-state index is 12.9. The number of aliphatic hydroxyl groups is 4. The number of aliphatic hydroxyl groups excluding tert-OH is 4. The lowest BCUT2D eigenvalue weighted by Crippen LogP contribution is -2.52. The van der Waals surface area contributed by atoms with Gasteiger partial charge in [-0.05, 0) is 25.7 Å². The molecule has 2 rings (SSSR count). The average Bonchev–Trinajstić information content (AvgIpc) is 2.67. The highest BCUT2D eigenvalue weighted by molar-refractivity contribution is 5.79. The number of nitrogens with zero attached hydrogens (tertiary/aromatic N) is 1. The van der Waals surface area contributed by atoms with Crippen molar-refractivity contribution in [3.63, 3.8) is 0 Å². The fraction of sp³-hybridized carbons (Fsp3) is 0.944. The Morgan fingerprint density at radius 2 is 1.77 bits per heavy atom. The van der Waals surface area contributed by atoms with Crippen LogP contribution in [0.15, 0.2) is 0 Å². The van der Waals surface area contributed by atoms with Crippen LogP contribution in [0.1, 0.15) is 38.5 Å². The molecule has 1 amide bonds.